The number of halogens is 6. The first-order chi connectivity index (χ1) is 12.0. The number of benzene rings is 2. The summed E-state index contributed by atoms with van der Waals surface area (Å²) in [5.41, 5.74) is -2.81. The minimum Gasteiger partial charge on any atom is -0.428 e. The van der Waals surface area contributed by atoms with Crippen molar-refractivity contribution >= 4 is 41.2 Å². The summed E-state index contributed by atoms with van der Waals surface area (Å²) in [4.78, 5) is 0.808. The standard InChI is InChI=1S/C15H9BF6N2OS/c17-14(18,19)8-5-9(15(20,21)22)7-10(6-8)24-13(26)23-12-4-2-1-3-11(12)16(24)25/h1-7,25H,(H,23,26). The van der Waals surface area contributed by atoms with Crippen molar-refractivity contribution in [2.45, 2.75) is 12.4 Å². The van der Waals surface area contributed by atoms with E-state index in [-0.39, 0.29) is 16.6 Å². The Morgan fingerprint density at radius 2 is 1.46 bits per heavy atom. The first-order valence-corrected chi connectivity index (χ1v) is 7.56. The molecular formula is C15H9BF6N2OS. The van der Waals surface area contributed by atoms with Crippen LogP contribution in [-0.4, -0.2) is 17.2 Å². The molecule has 2 N–H and O–H groups in total. The zero-order valence-electron chi connectivity index (χ0n) is 12.7. The third kappa shape index (κ3) is 3.36. The number of thiocarbonyl (C=S) groups is 1. The lowest BCUT2D eigenvalue weighted by Crippen LogP contribution is -2.58. The number of hydrogen-bond acceptors (Lipinski definition) is 2. The van der Waals surface area contributed by atoms with Gasteiger partial charge in [-0.2, -0.15) is 26.3 Å². The average molecular weight is 390 g/mol. The number of alkyl halides is 6. The van der Waals surface area contributed by atoms with Gasteiger partial charge in [-0.25, -0.2) is 0 Å². The summed E-state index contributed by atoms with van der Waals surface area (Å²) in [5.74, 6) is 0. The van der Waals surface area contributed by atoms with E-state index < -0.39 is 36.2 Å². The topological polar surface area (TPSA) is 35.5 Å². The van der Waals surface area contributed by atoms with Gasteiger partial charge in [0.2, 0.25) is 0 Å². The monoisotopic (exact) mass is 390 g/mol. The molecule has 2 aromatic rings. The van der Waals surface area contributed by atoms with Crippen molar-refractivity contribution in [1.82, 2.24) is 0 Å². The zero-order valence-corrected chi connectivity index (χ0v) is 13.5. The Morgan fingerprint density at radius 3 is 2.00 bits per heavy atom. The van der Waals surface area contributed by atoms with Crippen LogP contribution in [0.1, 0.15) is 11.1 Å². The third-order valence-corrected chi connectivity index (χ3v) is 4.09. The SMILES string of the molecule is OB1c2ccccc2NC(=S)N1c1cc(C(F)(F)F)cc(C(F)(F)F)c1. The van der Waals surface area contributed by atoms with Crippen LogP contribution in [0.2, 0.25) is 0 Å². The second-order valence-corrected chi connectivity index (χ2v) is 5.91. The van der Waals surface area contributed by atoms with Gasteiger partial charge >= 0.3 is 19.4 Å². The number of nitrogens with one attached hydrogen (secondary N) is 1. The van der Waals surface area contributed by atoms with Crippen LogP contribution in [0, 0.1) is 0 Å². The summed E-state index contributed by atoms with van der Waals surface area (Å²) in [5, 5.41) is 12.9. The van der Waals surface area contributed by atoms with Gasteiger partial charge in [-0.15, -0.1) is 0 Å². The highest BCUT2D eigenvalue weighted by atomic mass is 32.1. The molecule has 0 fully saturated rings. The maximum Gasteiger partial charge on any atom is 0.457 e. The Kier molecular flexibility index (Phi) is 4.39. The Labute approximate surface area is 149 Å². The van der Waals surface area contributed by atoms with E-state index in [2.05, 4.69) is 5.32 Å². The molecular weight excluding hydrogens is 381 g/mol. The van der Waals surface area contributed by atoms with Crippen LogP contribution in [0.4, 0.5) is 37.7 Å². The minimum absolute atomic E-state index is 0.0181. The number of nitrogens with zero attached hydrogens (tertiary/aromatic N) is 1. The molecule has 1 aliphatic heterocycles. The van der Waals surface area contributed by atoms with E-state index in [0.717, 1.165) is 4.81 Å². The molecule has 0 spiro atoms. The molecule has 0 atom stereocenters. The molecule has 0 radical (unpaired) electrons. The van der Waals surface area contributed by atoms with E-state index in [9.17, 15) is 31.4 Å². The number of anilines is 2. The number of fused-ring (bicyclic) bond motifs is 1. The highest BCUT2D eigenvalue weighted by molar-refractivity contribution is 7.81. The van der Waals surface area contributed by atoms with Crippen LogP contribution < -0.4 is 15.6 Å². The van der Waals surface area contributed by atoms with Crippen molar-refractivity contribution in [3.8, 4) is 0 Å². The van der Waals surface area contributed by atoms with Crippen LogP contribution in [0.5, 0.6) is 0 Å². The van der Waals surface area contributed by atoms with Crippen LogP contribution >= 0.6 is 12.2 Å². The molecule has 0 saturated heterocycles. The molecule has 2 aromatic carbocycles. The molecule has 1 heterocycles. The first kappa shape index (κ1) is 18.5. The molecule has 0 saturated carbocycles. The lowest BCUT2D eigenvalue weighted by atomic mass is 9.69. The van der Waals surface area contributed by atoms with E-state index in [4.69, 9.17) is 12.2 Å². The number of para-hydroxylation sites is 1. The van der Waals surface area contributed by atoms with Gasteiger partial charge in [0.05, 0.1) is 11.1 Å². The molecule has 0 aromatic heterocycles. The predicted molar refractivity (Wildman–Crippen MR) is 89.2 cm³/mol. The lowest BCUT2D eigenvalue weighted by Gasteiger charge is -2.34. The molecule has 0 amide bonds. The molecule has 0 bridgehead atoms. The van der Waals surface area contributed by atoms with Crippen molar-refractivity contribution in [3.05, 3.63) is 53.6 Å². The Balaban J connectivity index is 2.15. The first-order valence-electron chi connectivity index (χ1n) is 7.15. The van der Waals surface area contributed by atoms with Gasteiger partial charge in [-0.05, 0) is 41.9 Å². The van der Waals surface area contributed by atoms with E-state index in [1.165, 1.54) is 6.07 Å². The van der Waals surface area contributed by atoms with Crippen molar-refractivity contribution in [2.75, 3.05) is 10.1 Å². The predicted octanol–water partition coefficient (Wildman–Crippen LogP) is 3.63. The average Bonchev–Trinajstić information content (AvgIpc) is 2.53. The van der Waals surface area contributed by atoms with Gasteiger partial charge in [-0.1, -0.05) is 18.2 Å². The van der Waals surface area contributed by atoms with Crippen molar-refractivity contribution in [3.63, 3.8) is 0 Å². The summed E-state index contributed by atoms with van der Waals surface area (Å²) < 4.78 is 78.2. The third-order valence-electron chi connectivity index (χ3n) is 3.79. The quantitative estimate of drug-likeness (QED) is 0.443. The highest BCUT2D eigenvalue weighted by Gasteiger charge is 2.40. The smallest absolute Gasteiger partial charge is 0.428 e. The molecule has 136 valence electrons. The fourth-order valence-corrected chi connectivity index (χ4v) is 2.91. The number of rotatable bonds is 1. The maximum absolute atomic E-state index is 13.0. The minimum atomic E-state index is -5.00. The molecule has 3 rings (SSSR count). The van der Waals surface area contributed by atoms with Crippen molar-refractivity contribution < 1.29 is 31.4 Å². The van der Waals surface area contributed by atoms with Crippen LogP contribution in [0.3, 0.4) is 0 Å². The van der Waals surface area contributed by atoms with Crippen LogP contribution in [0.25, 0.3) is 0 Å². The van der Waals surface area contributed by atoms with Gasteiger partial charge in [0.25, 0.3) is 0 Å². The molecule has 0 unspecified atom stereocenters. The van der Waals surface area contributed by atoms with Gasteiger partial charge in [0.15, 0.2) is 5.11 Å². The zero-order chi connectivity index (χ0) is 19.3. The molecule has 11 heteroatoms. The molecule has 1 aliphatic rings. The van der Waals surface area contributed by atoms with Gasteiger partial charge in [0.1, 0.15) is 0 Å². The molecule has 0 aliphatic carbocycles. The second kappa shape index (κ2) is 6.17. The largest absolute Gasteiger partial charge is 0.457 e. The Hall–Kier alpha value is -2.27. The van der Waals surface area contributed by atoms with E-state index in [1.807, 2.05) is 0 Å². The lowest BCUT2D eigenvalue weighted by molar-refractivity contribution is -0.143. The Morgan fingerprint density at radius 1 is 0.923 bits per heavy atom. The summed E-state index contributed by atoms with van der Waals surface area (Å²) in [7, 11) is -1.54. The second-order valence-electron chi connectivity index (χ2n) is 5.53. The van der Waals surface area contributed by atoms with Crippen LogP contribution in [-0.2, 0) is 12.4 Å². The molecule has 3 nitrogen and oxygen atoms in total. The van der Waals surface area contributed by atoms with E-state index in [0.29, 0.717) is 17.8 Å². The Bertz CT molecular complexity index is 838. The highest BCUT2D eigenvalue weighted by Crippen LogP contribution is 2.39. The molecule has 26 heavy (non-hydrogen) atoms. The fourth-order valence-electron chi connectivity index (χ4n) is 2.60. The fraction of sp³-hybridized carbons (Fsp3) is 0.133. The normalized spacial score (nSPS) is 15.0. The van der Waals surface area contributed by atoms with E-state index in [1.54, 1.807) is 18.2 Å². The summed E-state index contributed by atoms with van der Waals surface area (Å²) >= 11 is 5.03. The van der Waals surface area contributed by atoms with Crippen molar-refractivity contribution in [2.24, 2.45) is 0 Å². The van der Waals surface area contributed by atoms with Gasteiger partial charge in [0, 0.05) is 11.4 Å². The summed E-state index contributed by atoms with van der Waals surface area (Å²) in [6.45, 7) is 0. The number of hydrogen-bond donors (Lipinski definition) is 2. The maximum atomic E-state index is 13.0. The van der Waals surface area contributed by atoms with Crippen LogP contribution in [0.15, 0.2) is 42.5 Å². The summed E-state index contributed by atoms with van der Waals surface area (Å²) in [6, 6.07) is 7.33. The summed E-state index contributed by atoms with van der Waals surface area (Å²) in [6.07, 6.45) is -9.99. The van der Waals surface area contributed by atoms with Gasteiger partial charge in [-0.3, -0.25) is 0 Å². The van der Waals surface area contributed by atoms with Gasteiger partial charge < -0.3 is 15.2 Å². The van der Waals surface area contributed by atoms with Crippen molar-refractivity contribution in [1.29, 1.82) is 0 Å². The van der Waals surface area contributed by atoms with E-state index >= 15 is 0 Å².